The van der Waals surface area contributed by atoms with E-state index in [1.54, 1.807) is 0 Å². The summed E-state index contributed by atoms with van der Waals surface area (Å²) in [7, 11) is 0. The number of hydrogen-bond donors (Lipinski definition) is 1. The van der Waals surface area contributed by atoms with Crippen LogP contribution >= 0.6 is 11.8 Å². The van der Waals surface area contributed by atoms with E-state index in [0.29, 0.717) is 10.9 Å². The maximum absolute atomic E-state index is 12.1. The third kappa shape index (κ3) is 5.52. The summed E-state index contributed by atoms with van der Waals surface area (Å²) in [4.78, 5) is 3.85. The van der Waals surface area contributed by atoms with Gasteiger partial charge in [0.25, 0.3) is 0 Å². The summed E-state index contributed by atoms with van der Waals surface area (Å²) in [5.41, 5.74) is 0.503. The van der Waals surface area contributed by atoms with Crippen LogP contribution < -0.4 is 0 Å². The van der Waals surface area contributed by atoms with Crippen molar-refractivity contribution >= 4 is 11.8 Å². The lowest BCUT2D eigenvalue weighted by atomic mass is 9.71. The van der Waals surface area contributed by atoms with E-state index >= 15 is 0 Å². The lowest BCUT2D eigenvalue weighted by Crippen LogP contribution is -2.41. The van der Waals surface area contributed by atoms with Crippen molar-refractivity contribution in [1.29, 1.82) is 0 Å². The van der Waals surface area contributed by atoms with Crippen LogP contribution in [0.25, 0.3) is 0 Å². The van der Waals surface area contributed by atoms with Gasteiger partial charge in [-0.1, -0.05) is 86.3 Å². The molecule has 2 aromatic carbocycles. The monoisotopic (exact) mass is 490 g/mol. The lowest BCUT2D eigenvalue weighted by Gasteiger charge is -2.38. The summed E-state index contributed by atoms with van der Waals surface area (Å²) >= 11 is 2.01. The molecule has 1 aromatic heterocycles. The van der Waals surface area contributed by atoms with E-state index in [4.69, 9.17) is 4.52 Å². The smallest absolute Gasteiger partial charge is 0.151 e. The summed E-state index contributed by atoms with van der Waals surface area (Å²) in [5, 5.41) is 17.2. The molecule has 2 fully saturated rings. The van der Waals surface area contributed by atoms with E-state index in [0.717, 1.165) is 62.6 Å². The maximum Gasteiger partial charge on any atom is 0.151 e. The van der Waals surface area contributed by atoms with E-state index < -0.39 is 5.60 Å². The van der Waals surface area contributed by atoms with Crippen LogP contribution in [0.15, 0.2) is 76.1 Å². The predicted octanol–water partition coefficient (Wildman–Crippen LogP) is 6.88. The zero-order valence-electron chi connectivity index (χ0n) is 20.8. The molecule has 5 rings (SSSR count). The normalized spacial score (nSPS) is 23.7. The van der Waals surface area contributed by atoms with Gasteiger partial charge in [-0.05, 0) is 55.3 Å². The Labute approximate surface area is 214 Å². The highest BCUT2D eigenvalue weighted by atomic mass is 32.2. The van der Waals surface area contributed by atoms with Crippen LogP contribution in [0, 0.1) is 11.8 Å². The second kappa shape index (κ2) is 11.3. The molecule has 4 nitrogen and oxygen atoms in total. The molecule has 0 bridgehead atoms. The van der Waals surface area contributed by atoms with Gasteiger partial charge in [0, 0.05) is 22.8 Å². The first-order chi connectivity index (χ1) is 17.2. The number of likely N-dealkylation sites (tertiary alicyclic amines) is 1. The topological polar surface area (TPSA) is 49.5 Å². The van der Waals surface area contributed by atoms with Gasteiger partial charge in [0.1, 0.15) is 11.3 Å². The SMILES string of the molecule is CCC1CCN(Cc2cc(C(O)(c3ccccc3)C3CCCCC3)no2)CC1Sc1ccccc1. The summed E-state index contributed by atoms with van der Waals surface area (Å²) in [5.74, 6) is 1.75. The van der Waals surface area contributed by atoms with Crippen LogP contribution in [-0.2, 0) is 12.1 Å². The first-order valence-corrected chi connectivity index (χ1v) is 14.2. The first kappa shape index (κ1) is 24.6. The minimum atomic E-state index is -1.09. The van der Waals surface area contributed by atoms with Crippen molar-refractivity contribution in [2.24, 2.45) is 11.8 Å². The van der Waals surface area contributed by atoms with Crippen molar-refractivity contribution in [3.63, 3.8) is 0 Å². The molecule has 1 aliphatic heterocycles. The zero-order valence-corrected chi connectivity index (χ0v) is 21.6. The molecule has 0 amide bonds. The standard InChI is InChI=1S/C30H38N2O2S/c1-2-23-18-19-32(22-28(23)35-27-16-10-5-11-17-27)21-26-20-29(31-34-26)30(33,24-12-6-3-7-13-24)25-14-8-4-9-15-25/h3,5-7,10-13,16-17,20,23,25,28,33H,2,4,8-9,14-15,18-19,21-22H2,1H3. The van der Waals surface area contributed by atoms with Crippen LogP contribution in [0.3, 0.4) is 0 Å². The van der Waals surface area contributed by atoms with Gasteiger partial charge >= 0.3 is 0 Å². The Morgan fingerprint density at radius 1 is 1.00 bits per heavy atom. The van der Waals surface area contributed by atoms with E-state index in [-0.39, 0.29) is 5.92 Å². The van der Waals surface area contributed by atoms with Crippen molar-refractivity contribution < 1.29 is 9.63 Å². The minimum Gasteiger partial charge on any atom is -0.378 e. The molecule has 1 N–H and O–H groups in total. The van der Waals surface area contributed by atoms with Gasteiger partial charge in [-0.3, -0.25) is 4.90 Å². The highest BCUT2D eigenvalue weighted by Gasteiger charge is 2.43. The van der Waals surface area contributed by atoms with E-state index in [1.165, 1.54) is 24.2 Å². The van der Waals surface area contributed by atoms with Crippen molar-refractivity contribution in [3.05, 3.63) is 83.7 Å². The third-order valence-corrected chi connectivity index (χ3v) is 9.45. The van der Waals surface area contributed by atoms with Crippen LogP contribution in [0.1, 0.15) is 68.9 Å². The number of benzene rings is 2. The molecule has 2 heterocycles. The van der Waals surface area contributed by atoms with Crippen LogP contribution in [-0.4, -0.2) is 33.5 Å². The molecule has 35 heavy (non-hydrogen) atoms. The summed E-state index contributed by atoms with van der Waals surface area (Å²) < 4.78 is 5.87. The quantitative estimate of drug-likeness (QED) is 0.373. The first-order valence-electron chi connectivity index (χ1n) is 13.3. The fourth-order valence-electron chi connectivity index (χ4n) is 6.04. The fourth-order valence-corrected chi connectivity index (χ4v) is 7.51. The number of aromatic nitrogens is 1. The van der Waals surface area contributed by atoms with Gasteiger partial charge in [-0.15, -0.1) is 11.8 Å². The fraction of sp³-hybridized carbons (Fsp3) is 0.500. The van der Waals surface area contributed by atoms with Crippen LogP contribution in [0.5, 0.6) is 0 Å². The second-order valence-corrected chi connectivity index (χ2v) is 11.6. The molecule has 3 aromatic rings. The van der Waals surface area contributed by atoms with Gasteiger partial charge in [0.15, 0.2) is 5.76 Å². The van der Waals surface area contributed by atoms with E-state index in [9.17, 15) is 5.11 Å². The van der Waals surface area contributed by atoms with Crippen molar-refractivity contribution in [2.45, 2.75) is 74.2 Å². The van der Waals surface area contributed by atoms with Crippen LogP contribution in [0.4, 0.5) is 0 Å². The Bertz CT molecular complexity index is 1050. The molecule has 5 heteroatoms. The number of piperidine rings is 1. The average Bonchev–Trinajstić information content (AvgIpc) is 3.39. The number of aliphatic hydroxyl groups is 1. The van der Waals surface area contributed by atoms with Crippen LogP contribution in [0.2, 0.25) is 0 Å². The Balaban J connectivity index is 1.32. The number of nitrogens with zero attached hydrogens (tertiary/aromatic N) is 2. The lowest BCUT2D eigenvalue weighted by molar-refractivity contribution is -0.00681. The summed E-state index contributed by atoms with van der Waals surface area (Å²) in [6.07, 6.45) is 8.05. The average molecular weight is 491 g/mol. The molecule has 0 radical (unpaired) electrons. The zero-order chi connectivity index (χ0) is 24.1. The van der Waals surface area contributed by atoms with Crippen molar-refractivity contribution in [1.82, 2.24) is 10.1 Å². The second-order valence-electron chi connectivity index (χ2n) is 10.3. The Morgan fingerprint density at radius 3 is 2.43 bits per heavy atom. The molecular formula is C30H38N2O2S. The van der Waals surface area contributed by atoms with Gasteiger partial charge in [0.05, 0.1) is 6.54 Å². The Morgan fingerprint density at radius 2 is 1.71 bits per heavy atom. The summed E-state index contributed by atoms with van der Waals surface area (Å²) in [6.45, 7) is 5.17. The molecule has 3 unspecified atom stereocenters. The molecule has 186 valence electrons. The Kier molecular flexibility index (Phi) is 7.96. The molecule has 1 saturated carbocycles. The van der Waals surface area contributed by atoms with E-state index in [1.807, 2.05) is 48.2 Å². The molecule has 3 atom stereocenters. The van der Waals surface area contributed by atoms with E-state index in [2.05, 4.69) is 47.3 Å². The van der Waals surface area contributed by atoms with Crippen molar-refractivity contribution in [2.75, 3.05) is 13.1 Å². The molecular weight excluding hydrogens is 452 g/mol. The summed E-state index contributed by atoms with van der Waals surface area (Å²) in [6, 6.07) is 22.9. The number of hydrogen-bond acceptors (Lipinski definition) is 5. The third-order valence-electron chi connectivity index (χ3n) is 8.07. The highest BCUT2D eigenvalue weighted by molar-refractivity contribution is 8.00. The van der Waals surface area contributed by atoms with Gasteiger partial charge in [-0.2, -0.15) is 0 Å². The molecule has 0 spiro atoms. The maximum atomic E-state index is 12.1. The van der Waals surface area contributed by atoms with Gasteiger partial charge in [0.2, 0.25) is 0 Å². The highest BCUT2D eigenvalue weighted by Crippen LogP contribution is 2.44. The largest absolute Gasteiger partial charge is 0.378 e. The predicted molar refractivity (Wildman–Crippen MR) is 142 cm³/mol. The molecule has 2 aliphatic rings. The van der Waals surface area contributed by atoms with Gasteiger partial charge in [-0.25, -0.2) is 0 Å². The van der Waals surface area contributed by atoms with Gasteiger partial charge < -0.3 is 9.63 Å². The number of rotatable bonds is 8. The molecule has 1 aliphatic carbocycles. The molecule has 1 saturated heterocycles. The number of thioether (sulfide) groups is 1. The minimum absolute atomic E-state index is 0.170. The Hall–Kier alpha value is -2.08. The van der Waals surface area contributed by atoms with Crippen molar-refractivity contribution in [3.8, 4) is 0 Å².